The normalized spacial score (nSPS) is 20.0. The molecular weight excluding hydrogens is 1410 g/mol. The van der Waals surface area contributed by atoms with Gasteiger partial charge in [-0.05, 0) is 75.6 Å². The van der Waals surface area contributed by atoms with Crippen LogP contribution >= 0.6 is 23.5 Å². The molecule has 99 heavy (non-hydrogen) atoms. The average molecular weight is 1490 g/mol. The van der Waals surface area contributed by atoms with E-state index in [-0.39, 0.29) is 76.8 Å². The molecule has 0 radical (unpaired) electrons. The van der Waals surface area contributed by atoms with E-state index in [1.54, 1.807) is 12.1 Å². The number of fused-ring (bicyclic) bond motifs is 3. The van der Waals surface area contributed by atoms with Crippen molar-refractivity contribution in [2.45, 2.75) is 112 Å². The van der Waals surface area contributed by atoms with E-state index in [4.69, 9.17) is 43.9 Å². The van der Waals surface area contributed by atoms with Gasteiger partial charge in [0, 0.05) is 73.1 Å². The van der Waals surface area contributed by atoms with Gasteiger partial charge in [-0.1, -0.05) is 43.9 Å². The number of hydrogen-bond acceptors (Lipinski definition) is 25. The summed E-state index contributed by atoms with van der Waals surface area (Å²) in [6, 6.07) is 9.04. The number of rotatable bonds is 39. The Morgan fingerprint density at radius 1 is 0.768 bits per heavy atom. The van der Waals surface area contributed by atoms with Crippen molar-refractivity contribution in [1.82, 2.24) is 25.2 Å². The molecule has 6 atom stereocenters. The van der Waals surface area contributed by atoms with Gasteiger partial charge in [0.1, 0.15) is 52.8 Å². The van der Waals surface area contributed by atoms with Gasteiger partial charge in [-0.2, -0.15) is 21.6 Å². The van der Waals surface area contributed by atoms with Gasteiger partial charge in [0.15, 0.2) is 11.9 Å². The summed E-state index contributed by atoms with van der Waals surface area (Å²) in [5.74, 6) is 5.10. The fraction of sp³-hybridized carbons (Fsp3) is 0.517. The maximum atomic E-state index is 12.7. The highest BCUT2D eigenvalue weighted by Gasteiger charge is 2.48. The van der Waals surface area contributed by atoms with Crippen LogP contribution in [-0.2, 0) is 95.9 Å². The number of nitrogen functional groups attached to an aromatic ring is 1. The van der Waals surface area contributed by atoms with E-state index >= 15 is 0 Å². The lowest BCUT2D eigenvalue weighted by atomic mass is 9.81. The molecule has 2 unspecified atom stereocenters. The van der Waals surface area contributed by atoms with Gasteiger partial charge in [0.05, 0.1) is 105 Å². The van der Waals surface area contributed by atoms with E-state index < -0.39 is 85.7 Å². The number of allylic oxidation sites excluding steroid dienone is 6. The number of phosphoric acid groups is 3. The van der Waals surface area contributed by atoms with Crippen molar-refractivity contribution >= 4 is 89.5 Å². The monoisotopic (exact) mass is 1490 g/mol. The Kier molecular flexibility index (Phi) is 28.6. The molecule has 5 heterocycles. The second kappa shape index (κ2) is 35.2. The molecular formula is C60H83N8O26P3S2. The van der Waals surface area contributed by atoms with Crippen LogP contribution in [0.4, 0.5) is 17.2 Å². The van der Waals surface area contributed by atoms with Crippen LogP contribution in [0, 0.1) is 11.8 Å². The van der Waals surface area contributed by atoms with Crippen LogP contribution < -0.4 is 21.3 Å². The molecule has 2 amide bonds. The number of aliphatic hydroxyl groups is 2. The Morgan fingerprint density at radius 3 is 2.03 bits per heavy atom. The largest absolute Gasteiger partial charge is 0.744 e. The number of hydrogen-bond donors (Lipinski definition) is 10. The van der Waals surface area contributed by atoms with Crippen molar-refractivity contribution in [2.75, 3.05) is 109 Å². The van der Waals surface area contributed by atoms with Gasteiger partial charge in [-0.25, -0.2) is 32.1 Å². The first-order chi connectivity index (χ1) is 46.6. The van der Waals surface area contributed by atoms with E-state index in [2.05, 4.69) is 55.1 Å². The standard InChI is InChI=1S/C60H83N8O26P3S2/c1-6-66-46-20-18-42(98(80,81)82)36-44(46)59(2,3)49(66)15-9-7-10-16-50-60(4,5)45-37-43(99(83,84)85)19-21-47(45)67(50)25-12-8-11-17-51(69)63-24-27-87-29-31-89-33-35-90-34-32-88-30-28-86-26-22-52(70)62-23-13-14-41-38-68(57-53(41)56(61)64-40-65-57)58-55(72)54(71)48(92-58)39-91-96(76,77)94-97(78,79)93-95(73,74)75/h7,9-10,15-16,18-21,36-38,40,48,54-55,58,71-72H,6,8,11-12,17,22-35,39H2,1-5H3,(H9-,61,62,63,64,65,69,70,73,74,75,76,77,78,79,80,81,82,83,84,85)/t48-,54-,55-,58-/m1/s1. The number of aliphatic hydroxyl groups excluding tert-OH is 2. The van der Waals surface area contributed by atoms with Crippen LogP contribution in [0.25, 0.3) is 11.0 Å². The quantitative estimate of drug-likeness (QED) is 0.00761. The van der Waals surface area contributed by atoms with Crippen molar-refractivity contribution in [3.63, 3.8) is 0 Å². The molecule has 0 bridgehead atoms. The number of unbranched alkanes of at least 4 members (excludes halogenated alkanes) is 2. The van der Waals surface area contributed by atoms with Crippen molar-refractivity contribution < 1.29 is 125 Å². The van der Waals surface area contributed by atoms with Crippen LogP contribution in [0.5, 0.6) is 0 Å². The van der Waals surface area contributed by atoms with Crippen LogP contribution in [0.2, 0.25) is 0 Å². The molecule has 11 N–H and O–H groups in total. The molecule has 39 heteroatoms. The SMILES string of the molecule is CCN1C(=CC=CC=CC2=[N+](CCCCCC(=O)NCCOCCOCCOCCOCCOCCC(=O)NCC#Cc3cn([C@@H]4O[C@H](COP(=O)(O)OP(=O)(O)OP(=O)(O)O)[C@@H](O)[C@H]4O)c4ncnc(N)c34)c3ccc(S(=O)(=O)O)cc3C2(C)C)C(C)(C)c2cc(S(=O)(=O)[O-])ccc21. The highest BCUT2D eigenvalue weighted by molar-refractivity contribution is 7.86. The number of anilines is 2. The van der Waals surface area contributed by atoms with Gasteiger partial charge < -0.3 is 88.6 Å². The summed E-state index contributed by atoms with van der Waals surface area (Å²) < 4.78 is 153. The number of ether oxygens (including phenoxy) is 6. The lowest BCUT2D eigenvalue weighted by Crippen LogP contribution is -2.33. The first-order valence-electron chi connectivity index (χ1n) is 31.1. The molecule has 3 aliphatic rings. The Morgan fingerprint density at radius 2 is 1.39 bits per heavy atom. The molecule has 1 fully saturated rings. The van der Waals surface area contributed by atoms with Crippen molar-refractivity contribution in [3.8, 4) is 11.8 Å². The zero-order valence-electron chi connectivity index (χ0n) is 54.8. The fourth-order valence-electron chi connectivity index (χ4n) is 11.1. The summed E-state index contributed by atoms with van der Waals surface area (Å²) in [5, 5.41) is 27.2. The third kappa shape index (κ3) is 22.5. The van der Waals surface area contributed by atoms with E-state index in [0.29, 0.717) is 78.7 Å². The summed E-state index contributed by atoms with van der Waals surface area (Å²) in [4.78, 5) is 71.5. The maximum Gasteiger partial charge on any atom is 0.490 e. The Hall–Kier alpha value is -6.04. The lowest BCUT2D eigenvalue weighted by molar-refractivity contribution is -0.438. The number of amides is 2. The summed E-state index contributed by atoms with van der Waals surface area (Å²) in [6.07, 6.45) is 7.89. The second-order valence-electron chi connectivity index (χ2n) is 23.5. The molecule has 3 aliphatic heterocycles. The minimum atomic E-state index is -5.82. The molecule has 546 valence electrons. The number of aromatic nitrogens is 3. The average Bonchev–Trinajstić information content (AvgIpc) is 1.61. The zero-order valence-corrected chi connectivity index (χ0v) is 59.1. The number of likely N-dealkylation sites (N-methyl/N-ethyl adjacent to an activating group) is 1. The first kappa shape index (κ1) is 80.3. The van der Waals surface area contributed by atoms with Crippen LogP contribution in [0.15, 0.2) is 94.8 Å². The lowest BCUT2D eigenvalue weighted by Gasteiger charge is -2.25. The Bertz CT molecular complexity index is 4110. The highest BCUT2D eigenvalue weighted by atomic mass is 32.2. The molecule has 2 aromatic heterocycles. The number of phosphoric ester groups is 1. The first-order valence-corrected chi connectivity index (χ1v) is 38.5. The van der Waals surface area contributed by atoms with Gasteiger partial charge in [-0.15, -0.1) is 0 Å². The number of nitrogens with zero attached hydrogens (tertiary/aromatic N) is 5. The number of benzene rings is 2. The molecule has 7 rings (SSSR count). The topological polar surface area (TPSA) is 488 Å². The number of nitrogens with one attached hydrogen (secondary N) is 2. The maximum absolute atomic E-state index is 12.7. The minimum Gasteiger partial charge on any atom is -0.744 e. The molecule has 1 saturated heterocycles. The van der Waals surface area contributed by atoms with Crippen LogP contribution in [0.1, 0.15) is 89.6 Å². The van der Waals surface area contributed by atoms with E-state index in [0.717, 1.165) is 53.1 Å². The second-order valence-corrected chi connectivity index (χ2v) is 30.7. The summed E-state index contributed by atoms with van der Waals surface area (Å²) in [7, 11) is -26.2. The molecule has 4 aromatic rings. The predicted octanol–water partition coefficient (Wildman–Crippen LogP) is 3.63. The molecule has 0 aliphatic carbocycles. The van der Waals surface area contributed by atoms with Gasteiger partial charge in [0.25, 0.3) is 10.1 Å². The van der Waals surface area contributed by atoms with E-state index in [1.165, 1.54) is 35.0 Å². The summed E-state index contributed by atoms with van der Waals surface area (Å²) >= 11 is 0. The summed E-state index contributed by atoms with van der Waals surface area (Å²) in [6.45, 7) is 13.0. The van der Waals surface area contributed by atoms with E-state index in [1.807, 2.05) is 65.0 Å². The summed E-state index contributed by atoms with van der Waals surface area (Å²) in [5.41, 5.74) is 10.1. The van der Waals surface area contributed by atoms with Crippen LogP contribution in [-0.4, -0.2) is 210 Å². The minimum absolute atomic E-state index is 0.0132. The Labute approximate surface area is 572 Å². The molecule has 0 saturated carbocycles. The Balaban J connectivity index is 0.709. The highest BCUT2D eigenvalue weighted by Crippen LogP contribution is 2.66. The van der Waals surface area contributed by atoms with Gasteiger partial charge >= 0.3 is 23.5 Å². The number of carbonyl (C=O) groups is 2. The zero-order chi connectivity index (χ0) is 72.6. The van der Waals surface area contributed by atoms with Crippen molar-refractivity contribution in [2.24, 2.45) is 0 Å². The van der Waals surface area contributed by atoms with Crippen molar-refractivity contribution in [3.05, 3.63) is 102 Å². The third-order valence-corrected chi connectivity index (χ3v) is 21.3. The molecule has 0 spiro atoms. The molecule has 34 nitrogen and oxygen atoms in total. The van der Waals surface area contributed by atoms with Crippen molar-refractivity contribution in [1.29, 1.82) is 0 Å². The van der Waals surface area contributed by atoms with Crippen LogP contribution in [0.3, 0.4) is 0 Å². The predicted molar refractivity (Wildman–Crippen MR) is 354 cm³/mol. The molecule has 2 aromatic carbocycles. The smallest absolute Gasteiger partial charge is 0.490 e. The van der Waals surface area contributed by atoms with Gasteiger partial charge in [0.2, 0.25) is 17.5 Å². The number of carbonyl (C=O) groups excluding carboxylic acids is 2. The fourth-order valence-corrected chi connectivity index (χ4v) is 15.2. The number of nitrogens with two attached hydrogens (primary N) is 1. The third-order valence-electron chi connectivity index (χ3n) is 15.8. The van der Waals surface area contributed by atoms with E-state index in [9.17, 15) is 69.2 Å². The van der Waals surface area contributed by atoms with Gasteiger partial charge in [-0.3, -0.25) is 18.7 Å².